The van der Waals surface area contributed by atoms with Gasteiger partial charge < -0.3 is 9.88 Å². The maximum atomic E-state index is 13.8. The van der Waals surface area contributed by atoms with Gasteiger partial charge in [0.1, 0.15) is 11.6 Å². The Labute approximate surface area is 117 Å². The number of halogens is 1. The lowest BCUT2D eigenvalue weighted by Crippen LogP contribution is -2.13. The summed E-state index contributed by atoms with van der Waals surface area (Å²) in [5.74, 6) is 0.229. The van der Waals surface area contributed by atoms with Crippen LogP contribution >= 0.6 is 0 Å². The van der Waals surface area contributed by atoms with Crippen LogP contribution < -0.4 is 5.32 Å². The number of hydrogen-bond acceptors (Lipinski definition) is 4. The van der Waals surface area contributed by atoms with Gasteiger partial charge in [-0.25, -0.2) is 17.8 Å². The van der Waals surface area contributed by atoms with Gasteiger partial charge in [-0.1, -0.05) is 0 Å². The summed E-state index contributed by atoms with van der Waals surface area (Å²) in [5.41, 5.74) is 0.142. The topological polar surface area (TPSA) is 64.0 Å². The lowest BCUT2D eigenvalue weighted by molar-refractivity contribution is 0.600. The molecule has 0 aliphatic heterocycles. The van der Waals surface area contributed by atoms with Crippen LogP contribution in [0.1, 0.15) is 18.8 Å². The SMILES string of the molecule is CC(Nc1cc(S(C)(=O)=O)ccc1F)c1nccn1C. The van der Waals surface area contributed by atoms with Crippen LogP contribution in [0.5, 0.6) is 0 Å². The highest BCUT2D eigenvalue weighted by Gasteiger charge is 2.15. The Morgan fingerprint density at radius 1 is 1.40 bits per heavy atom. The van der Waals surface area contributed by atoms with Crippen molar-refractivity contribution in [3.8, 4) is 0 Å². The zero-order valence-electron chi connectivity index (χ0n) is 11.5. The van der Waals surface area contributed by atoms with Crippen LogP contribution in [0, 0.1) is 5.82 Å². The monoisotopic (exact) mass is 297 g/mol. The molecule has 1 unspecified atom stereocenters. The lowest BCUT2D eigenvalue weighted by atomic mass is 10.2. The number of imidazole rings is 1. The van der Waals surface area contributed by atoms with E-state index in [2.05, 4.69) is 10.3 Å². The summed E-state index contributed by atoms with van der Waals surface area (Å²) in [4.78, 5) is 4.25. The number of aryl methyl sites for hydroxylation is 1. The quantitative estimate of drug-likeness (QED) is 0.878. The summed E-state index contributed by atoms with van der Waals surface area (Å²) in [7, 11) is -1.53. The first-order chi connectivity index (χ1) is 9.29. The smallest absolute Gasteiger partial charge is 0.175 e. The maximum absolute atomic E-state index is 13.8. The number of nitrogens with one attached hydrogen (secondary N) is 1. The minimum atomic E-state index is -3.37. The molecule has 2 rings (SSSR count). The molecule has 1 N–H and O–H groups in total. The molecule has 0 saturated carbocycles. The number of rotatable bonds is 4. The summed E-state index contributed by atoms with van der Waals surface area (Å²) >= 11 is 0. The number of aromatic nitrogens is 2. The average Bonchev–Trinajstić information content (AvgIpc) is 2.77. The highest BCUT2D eigenvalue weighted by Crippen LogP contribution is 2.23. The summed E-state index contributed by atoms with van der Waals surface area (Å²) in [5, 5.41) is 2.94. The van der Waals surface area contributed by atoms with E-state index in [-0.39, 0.29) is 16.6 Å². The predicted molar refractivity (Wildman–Crippen MR) is 74.8 cm³/mol. The van der Waals surface area contributed by atoms with Crippen molar-refractivity contribution in [2.24, 2.45) is 7.05 Å². The Bertz CT molecular complexity index is 725. The summed E-state index contributed by atoms with van der Waals surface area (Å²) < 4.78 is 38.6. The first kappa shape index (κ1) is 14.5. The van der Waals surface area contributed by atoms with Crippen molar-refractivity contribution in [2.45, 2.75) is 17.9 Å². The third kappa shape index (κ3) is 2.98. The van der Waals surface area contributed by atoms with Gasteiger partial charge in [-0.2, -0.15) is 0 Å². The Morgan fingerprint density at radius 2 is 2.10 bits per heavy atom. The van der Waals surface area contributed by atoms with E-state index in [4.69, 9.17) is 0 Å². The van der Waals surface area contributed by atoms with Crippen LogP contribution in [0.4, 0.5) is 10.1 Å². The van der Waals surface area contributed by atoms with Crippen LogP contribution in [0.3, 0.4) is 0 Å². The number of benzene rings is 1. The average molecular weight is 297 g/mol. The third-order valence-electron chi connectivity index (χ3n) is 2.98. The van der Waals surface area contributed by atoms with Crippen LogP contribution in [-0.2, 0) is 16.9 Å². The van der Waals surface area contributed by atoms with Crippen LogP contribution in [-0.4, -0.2) is 24.2 Å². The van der Waals surface area contributed by atoms with Crippen molar-refractivity contribution in [2.75, 3.05) is 11.6 Å². The van der Waals surface area contributed by atoms with Crippen molar-refractivity contribution >= 4 is 15.5 Å². The molecule has 1 atom stereocenters. The lowest BCUT2D eigenvalue weighted by Gasteiger charge is -2.16. The van der Waals surface area contributed by atoms with E-state index in [0.717, 1.165) is 18.1 Å². The fourth-order valence-corrected chi connectivity index (χ4v) is 2.58. The third-order valence-corrected chi connectivity index (χ3v) is 4.09. The van der Waals surface area contributed by atoms with Crippen LogP contribution in [0.2, 0.25) is 0 Å². The molecule has 0 amide bonds. The Hall–Kier alpha value is -1.89. The highest BCUT2D eigenvalue weighted by atomic mass is 32.2. The van der Waals surface area contributed by atoms with Gasteiger partial charge in [0.05, 0.1) is 16.6 Å². The van der Waals surface area contributed by atoms with Gasteiger partial charge in [-0.15, -0.1) is 0 Å². The van der Waals surface area contributed by atoms with Gasteiger partial charge in [0.15, 0.2) is 9.84 Å². The standard InChI is InChI=1S/C13H16FN3O2S/c1-9(13-15-6-7-17(13)2)16-12-8-10(20(3,18)19)4-5-11(12)14/h4-9,16H,1-3H3. The van der Waals surface area contributed by atoms with Crippen molar-refractivity contribution in [3.05, 3.63) is 42.2 Å². The summed E-state index contributed by atoms with van der Waals surface area (Å²) in [6, 6.07) is 3.44. The Morgan fingerprint density at radius 3 is 2.65 bits per heavy atom. The largest absolute Gasteiger partial charge is 0.373 e. The minimum Gasteiger partial charge on any atom is -0.373 e. The summed E-state index contributed by atoms with van der Waals surface area (Å²) in [6.45, 7) is 1.83. The van der Waals surface area contributed by atoms with Gasteiger partial charge in [-0.3, -0.25) is 0 Å². The van der Waals surface area contributed by atoms with E-state index >= 15 is 0 Å². The van der Waals surface area contributed by atoms with Crippen molar-refractivity contribution < 1.29 is 12.8 Å². The van der Waals surface area contributed by atoms with E-state index < -0.39 is 15.7 Å². The second-order valence-corrected chi connectivity index (χ2v) is 6.69. The molecular formula is C13H16FN3O2S. The second kappa shape index (κ2) is 5.24. The van der Waals surface area contributed by atoms with E-state index in [1.54, 1.807) is 12.4 Å². The molecule has 7 heteroatoms. The molecule has 0 bridgehead atoms. The van der Waals surface area contributed by atoms with Crippen molar-refractivity contribution in [3.63, 3.8) is 0 Å². The molecule has 1 aromatic carbocycles. The Kier molecular flexibility index (Phi) is 3.80. The van der Waals surface area contributed by atoms with E-state index in [9.17, 15) is 12.8 Å². The van der Waals surface area contributed by atoms with E-state index in [1.807, 2.05) is 18.5 Å². The molecule has 0 aliphatic rings. The fourth-order valence-electron chi connectivity index (χ4n) is 1.94. The molecule has 20 heavy (non-hydrogen) atoms. The summed E-state index contributed by atoms with van der Waals surface area (Å²) in [6.07, 6.45) is 4.53. The molecule has 108 valence electrons. The molecule has 0 aliphatic carbocycles. The Balaban J connectivity index is 2.32. The van der Waals surface area contributed by atoms with Gasteiger partial charge in [-0.05, 0) is 25.1 Å². The number of anilines is 1. The van der Waals surface area contributed by atoms with Gasteiger partial charge in [0.25, 0.3) is 0 Å². The molecule has 5 nitrogen and oxygen atoms in total. The fraction of sp³-hybridized carbons (Fsp3) is 0.308. The number of nitrogens with zero attached hydrogens (tertiary/aromatic N) is 2. The van der Waals surface area contributed by atoms with Gasteiger partial charge in [0, 0.05) is 25.7 Å². The molecule has 0 saturated heterocycles. The normalized spacial score (nSPS) is 13.2. The first-order valence-corrected chi connectivity index (χ1v) is 7.91. The molecular weight excluding hydrogens is 281 g/mol. The van der Waals surface area contributed by atoms with Crippen LogP contribution in [0.25, 0.3) is 0 Å². The van der Waals surface area contributed by atoms with Gasteiger partial charge >= 0.3 is 0 Å². The number of hydrogen-bond donors (Lipinski definition) is 1. The predicted octanol–water partition coefficient (Wildman–Crippen LogP) is 2.14. The second-order valence-electron chi connectivity index (χ2n) is 4.68. The zero-order valence-corrected chi connectivity index (χ0v) is 12.3. The molecule has 0 fully saturated rings. The maximum Gasteiger partial charge on any atom is 0.175 e. The molecule has 1 aromatic heterocycles. The van der Waals surface area contributed by atoms with Crippen molar-refractivity contribution in [1.29, 1.82) is 0 Å². The zero-order chi connectivity index (χ0) is 14.9. The highest BCUT2D eigenvalue weighted by molar-refractivity contribution is 7.90. The molecule has 1 heterocycles. The number of sulfone groups is 1. The molecule has 0 spiro atoms. The van der Waals surface area contributed by atoms with Gasteiger partial charge in [0.2, 0.25) is 0 Å². The van der Waals surface area contributed by atoms with E-state index in [1.165, 1.54) is 12.1 Å². The first-order valence-electron chi connectivity index (χ1n) is 6.02. The van der Waals surface area contributed by atoms with Crippen LogP contribution in [0.15, 0.2) is 35.5 Å². The van der Waals surface area contributed by atoms with E-state index in [0.29, 0.717) is 0 Å². The van der Waals surface area contributed by atoms with Crippen molar-refractivity contribution in [1.82, 2.24) is 9.55 Å². The molecule has 0 radical (unpaired) electrons. The minimum absolute atomic E-state index is 0.0773. The molecule has 2 aromatic rings.